The molecular weight excluding hydrogens is 268 g/mol. The average Bonchev–Trinajstić information content (AvgIpc) is 3.19. The first-order chi connectivity index (χ1) is 10.3. The van der Waals surface area contributed by atoms with Gasteiger partial charge in [-0.2, -0.15) is 0 Å². The lowest BCUT2D eigenvalue weighted by Gasteiger charge is -2.33. The third-order valence-electron chi connectivity index (χ3n) is 6.30. The van der Waals surface area contributed by atoms with Gasteiger partial charge in [0.25, 0.3) is 0 Å². The number of hydrogen-bond acceptors (Lipinski definition) is 1. The van der Waals surface area contributed by atoms with Crippen LogP contribution < -0.4 is 0 Å². The lowest BCUT2D eigenvalue weighted by Crippen LogP contribution is -2.37. The Morgan fingerprint density at radius 3 is 1.59 bits per heavy atom. The van der Waals surface area contributed by atoms with Crippen LogP contribution in [0.2, 0.25) is 0 Å². The molecule has 22 heavy (non-hydrogen) atoms. The first kappa shape index (κ1) is 18.0. The van der Waals surface area contributed by atoms with E-state index in [4.69, 9.17) is 0 Å². The van der Waals surface area contributed by atoms with E-state index in [1.54, 1.807) is 0 Å². The Bertz CT molecular complexity index is 366. The number of hydrogen-bond donors (Lipinski definition) is 0. The number of Topliss-reactive ketones (excluding diaryl/α,β-unsaturated/α-hetero) is 1. The lowest BCUT2D eigenvalue weighted by molar-refractivity contribution is -0.136. The summed E-state index contributed by atoms with van der Waals surface area (Å²) in [5.41, 5.74) is -0.273. The fraction of sp³-hybridized carbons (Fsp3) is 0.952. The highest BCUT2D eigenvalue weighted by molar-refractivity contribution is 5.89. The molecule has 128 valence electrons. The summed E-state index contributed by atoms with van der Waals surface area (Å²) >= 11 is 0. The molecule has 0 aromatic carbocycles. The maximum atomic E-state index is 12.9. The Hall–Kier alpha value is -0.330. The Labute approximate surface area is 138 Å². The topological polar surface area (TPSA) is 17.1 Å². The molecular formula is C21H38O. The van der Waals surface area contributed by atoms with E-state index in [2.05, 4.69) is 27.7 Å². The van der Waals surface area contributed by atoms with Crippen LogP contribution in [0.4, 0.5) is 0 Å². The van der Waals surface area contributed by atoms with Crippen molar-refractivity contribution in [3.63, 3.8) is 0 Å². The maximum Gasteiger partial charge on any atom is 0.144 e. The van der Waals surface area contributed by atoms with Crippen LogP contribution >= 0.6 is 0 Å². The van der Waals surface area contributed by atoms with Gasteiger partial charge < -0.3 is 0 Å². The van der Waals surface area contributed by atoms with Gasteiger partial charge >= 0.3 is 0 Å². The van der Waals surface area contributed by atoms with E-state index in [1.807, 2.05) is 0 Å². The fourth-order valence-electron chi connectivity index (χ4n) is 4.64. The second kappa shape index (κ2) is 7.49. The highest BCUT2D eigenvalue weighted by atomic mass is 16.1. The van der Waals surface area contributed by atoms with Crippen LogP contribution in [0.1, 0.15) is 105 Å². The SMILES string of the molecule is CC1(C)CCCCCC[C@@H]2C[C@H]2CCCCCC(C)(C)C1=O. The Balaban J connectivity index is 1.90. The number of carbonyl (C=O) groups excluding carboxylic acids is 1. The number of ketones is 1. The van der Waals surface area contributed by atoms with E-state index >= 15 is 0 Å². The quantitative estimate of drug-likeness (QED) is 0.496. The molecule has 2 aliphatic rings. The van der Waals surface area contributed by atoms with Gasteiger partial charge in [-0.05, 0) is 31.1 Å². The second-order valence-electron chi connectivity index (χ2n) is 9.40. The molecule has 0 amide bonds. The van der Waals surface area contributed by atoms with Crippen LogP contribution in [0.15, 0.2) is 0 Å². The summed E-state index contributed by atoms with van der Waals surface area (Å²) < 4.78 is 0. The molecule has 0 radical (unpaired) electrons. The standard InChI is InChI=1S/C21H38O/c1-20(2)14-10-6-5-8-12-17-16-18(17)13-9-7-11-15-21(3,4)19(20)22/h17-18H,5-16H2,1-4H3/t17-,18-/m1/s1. The minimum Gasteiger partial charge on any atom is -0.299 e. The van der Waals surface area contributed by atoms with E-state index < -0.39 is 0 Å². The number of fused-ring (bicyclic) bond motifs is 1. The molecule has 1 heteroatoms. The predicted octanol–water partition coefficient (Wildman–Crippen LogP) is 6.55. The first-order valence-corrected chi connectivity index (χ1v) is 9.88. The monoisotopic (exact) mass is 306 g/mol. The average molecular weight is 307 g/mol. The van der Waals surface area contributed by atoms with Crippen molar-refractivity contribution >= 4 is 5.78 Å². The van der Waals surface area contributed by atoms with Crippen LogP contribution in [0.3, 0.4) is 0 Å². The molecule has 2 rings (SSSR count). The summed E-state index contributed by atoms with van der Waals surface area (Å²) in [4.78, 5) is 12.9. The highest BCUT2D eigenvalue weighted by Gasteiger charge is 2.38. The molecule has 0 saturated heterocycles. The van der Waals surface area contributed by atoms with Gasteiger partial charge in [0.1, 0.15) is 5.78 Å². The van der Waals surface area contributed by atoms with E-state index in [1.165, 1.54) is 64.2 Å². The third-order valence-corrected chi connectivity index (χ3v) is 6.30. The lowest BCUT2D eigenvalue weighted by atomic mass is 9.69. The van der Waals surface area contributed by atoms with Gasteiger partial charge in [-0.15, -0.1) is 0 Å². The summed E-state index contributed by atoms with van der Waals surface area (Å²) in [5.74, 6) is 2.62. The largest absolute Gasteiger partial charge is 0.299 e. The number of rotatable bonds is 0. The van der Waals surface area contributed by atoms with Crippen molar-refractivity contribution in [3.05, 3.63) is 0 Å². The van der Waals surface area contributed by atoms with Crippen molar-refractivity contribution in [1.29, 1.82) is 0 Å². The van der Waals surface area contributed by atoms with Gasteiger partial charge in [-0.25, -0.2) is 0 Å². The van der Waals surface area contributed by atoms with Gasteiger partial charge in [-0.3, -0.25) is 4.79 Å². The van der Waals surface area contributed by atoms with Gasteiger partial charge in [-0.1, -0.05) is 85.5 Å². The summed E-state index contributed by atoms with van der Waals surface area (Å²) in [6, 6.07) is 0. The first-order valence-electron chi connectivity index (χ1n) is 9.88. The minimum atomic E-state index is -0.137. The zero-order valence-electron chi connectivity index (χ0n) is 15.5. The van der Waals surface area contributed by atoms with Crippen molar-refractivity contribution < 1.29 is 4.79 Å². The Kier molecular flexibility index (Phi) is 6.14. The van der Waals surface area contributed by atoms with Crippen molar-refractivity contribution in [2.75, 3.05) is 0 Å². The van der Waals surface area contributed by atoms with E-state index in [9.17, 15) is 4.79 Å². The molecule has 0 aromatic heterocycles. The molecule has 0 N–H and O–H groups in total. The molecule has 2 saturated carbocycles. The van der Waals surface area contributed by atoms with Gasteiger partial charge in [0.05, 0.1) is 0 Å². The third kappa shape index (κ3) is 5.10. The molecule has 0 heterocycles. The molecule has 0 aliphatic heterocycles. The van der Waals surface area contributed by atoms with Gasteiger partial charge in [0.15, 0.2) is 0 Å². The zero-order valence-corrected chi connectivity index (χ0v) is 15.5. The van der Waals surface area contributed by atoms with Crippen molar-refractivity contribution in [1.82, 2.24) is 0 Å². The van der Waals surface area contributed by atoms with Crippen LogP contribution in [-0.4, -0.2) is 5.78 Å². The highest BCUT2D eigenvalue weighted by Crippen LogP contribution is 2.46. The molecule has 0 unspecified atom stereocenters. The summed E-state index contributed by atoms with van der Waals surface area (Å²) in [7, 11) is 0. The smallest absolute Gasteiger partial charge is 0.144 e. The molecule has 0 aromatic rings. The molecule has 2 fully saturated rings. The Morgan fingerprint density at radius 2 is 1.09 bits per heavy atom. The minimum absolute atomic E-state index is 0.136. The van der Waals surface area contributed by atoms with Crippen LogP contribution in [-0.2, 0) is 4.79 Å². The van der Waals surface area contributed by atoms with Crippen LogP contribution in [0, 0.1) is 22.7 Å². The van der Waals surface area contributed by atoms with Gasteiger partial charge in [0.2, 0.25) is 0 Å². The summed E-state index contributed by atoms with van der Waals surface area (Å²) in [6.07, 6.45) is 15.8. The molecule has 2 aliphatic carbocycles. The van der Waals surface area contributed by atoms with Crippen LogP contribution in [0.25, 0.3) is 0 Å². The number of carbonyl (C=O) groups is 1. The predicted molar refractivity (Wildman–Crippen MR) is 95.0 cm³/mol. The molecule has 0 spiro atoms. The zero-order chi connectivity index (χ0) is 16.2. The molecule has 2 atom stereocenters. The molecule has 1 nitrogen and oxygen atoms in total. The summed E-state index contributed by atoms with van der Waals surface area (Å²) in [5, 5.41) is 0. The van der Waals surface area contributed by atoms with Crippen LogP contribution in [0.5, 0.6) is 0 Å². The van der Waals surface area contributed by atoms with Gasteiger partial charge in [0, 0.05) is 10.8 Å². The van der Waals surface area contributed by atoms with Crippen molar-refractivity contribution in [3.8, 4) is 0 Å². The molecule has 0 bridgehead atoms. The normalized spacial score (nSPS) is 33.9. The summed E-state index contributed by atoms with van der Waals surface area (Å²) in [6.45, 7) is 8.71. The van der Waals surface area contributed by atoms with Crippen molar-refractivity contribution in [2.45, 2.75) is 105 Å². The fourth-order valence-corrected chi connectivity index (χ4v) is 4.64. The second-order valence-corrected chi connectivity index (χ2v) is 9.40. The maximum absolute atomic E-state index is 12.9. The van der Waals surface area contributed by atoms with Crippen molar-refractivity contribution in [2.24, 2.45) is 22.7 Å². The van der Waals surface area contributed by atoms with E-state index in [-0.39, 0.29) is 10.8 Å². The van der Waals surface area contributed by atoms with E-state index in [0.29, 0.717) is 5.78 Å². The van der Waals surface area contributed by atoms with E-state index in [0.717, 1.165) is 24.7 Å². The Morgan fingerprint density at radius 1 is 0.682 bits per heavy atom.